The van der Waals surface area contributed by atoms with Crippen molar-refractivity contribution >= 4 is 43.2 Å². The fourth-order valence-corrected chi connectivity index (χ4v) is 4.44. The highest BCUT2D eigenvalue weighted by Crippen LogP contribution is 2.40. The van der Waals surface area contributed by atoms with Crippen LogP contribution in [0.15, 0.2) is 33.8 Å². The van der Waals surface area contributed by atoms with Gasteiger partial charge in [-0.1, -0.05) is 11.6 Å². The van der Waals surface area contributed by atoms with Gasteiger partial charge < -0.3 is 14.4 Å². The number of sulfonamides is 1. The second-order valence-electron chi connectivity index (χ2n) is 6.30. The van der Waals surface area contributed by atoms with E-state index >= 15 is 0 Å². The minimum Gasteiger partial charge on any atom is -0.496 e. The van der Waals surface area contributed by atoms with Crippen LogP contribution in [-0.4, -0.2) is 52.2 Å². The van der Waals surface area contributed by atoms with E-state index in [9.17, 15) is 8.42 Å². The number of aromatic nitrogens is 1. The van der Waals surface area contributed by atoms with Gasteiger partial charge in [0.2, 0.25) is 0 Å². The van der Waals surface area contributed by atoms with Crippen LogP contribution in [0.3, 0.4) is 0 Å². The molecule has 1 N–H and O–H groups in total. The molecule has 7 nitrogen and oxygen atoms in total. The molecule has 1 atom stereocenters. The minimum atomic E-state index is -3.87. The van der Waals surface area contributed by atoms with Crippen LogP contribution in [0.2, 0.25) is 5.15 Å². The van der Waals surface area contributed by atoms with Crippen molar-refractivity contribution in [3.8, 4) is 11.5 Å². The quantitative estimate of drug-likeness (QED) is 0.668. The van der Waals surface area contributed by atoms with Crippen LogP contribution in [0.4, 0.5) is 5.69 Å². The Morgan fingerprint density at radius 3 is 2.78 bits per heavy atom. The molecular weight excluding hydrogens is 458 g/mol. The zero-order valence-electron chi connectivity index (χ0n) is 15.0. The van der Waals surface area contributed by atoms with E-state index in [2.05, 4.69) is 30.5 Å². The summed E-state index contributed by atoms with van der Waals surface area (Å²) in [5, 5.41) is 0.189. The van der Waals surface area contributed by atoms with Gasteiger partial charge in [0.25, 0.3) is 10.0 Å². The van der Waals surface area contributed by atoms with Gasteiger partial charge in [-0.15, -0.1) is 0 Å². The fraction of sp³-hybridized carbons (Fsp3) is 0.353. The van der Waals surface area contributed by atoms with Crippen LogP contribution in [0.25, 0.3) is 0 Å². The molecular formula is C17H19BrClN3O4S. The number of nitrogens with zero attached hydrogens (tertiary/aromatic N) is 2. The summed E-state index contributed by atoms with van der Waals surface area (Å²) < 4.78 is 39.8. The molecule has 0 amide bonds. The lowest BCUT2D eigenvalue weighted by Crippen LogP contribution is -2.38. The van der Waals surface area contributed by atoms with Crippen LogP contribution in [-0.2, 0) is 16.4 Å². The van der Waals surface area contributed by atoms with Gasteiger partial charge in [-0.25, -0.2) is 13.4 Å². The van der Waals surface area contributed by atoms with Gasteiger partial charge in [0.1, 0.15) is 28.2 Å². The van der Waals surface area contributed by atoms with Gasteiger partial charge in [-0.3, -0.25) is 4.72 Å². The molecule has 2 heterocycles. The van der Waals surface area contributed by atoms with E-state index in [1.807, 2.05) is 14.1 Å². The number of nitrogens with one attached hydrogen (secondary N) is 1. The van der Waals surface area contributed by atoms with Crippen molar-refractivity contribution in [1.82, 2.24) is 9.88 Å². The van der Waals surface area contributed by atoms with Crippen LogP contribution < -0.4 is 14.2 Å². The maximum Gasteiger partial charge on any atom is 0.263 e. The molecule has 1 aromatic carbocycles. The highest BCUT2D eigenvalue weighted by Gasteiger charge is 2.28. The summed E-state index contributed by atoms with van der Waals surface area (Å²) in [5.74, 6) is 1.15. The number of methoxy groups -OCH3 is 1. The molecule has 0 radical (unpaired) electrons. The lowest BCUT2D eigenvalue weighted by Gasteiger charge is -2.32. The third-order valence-corrected chi connectivity index (χ3v) is 6.82. The average molecular weight is 477 g/mol. The van der Waals surface area contributed by atoms with E-state index in [0.717, 1.165) is 5.56 Å². The zero-order chi connectivity index (χ0) is 19.8. The fourth-order valence-electron chi connectivity index (χ4n) is 2.80. The summed E-state index contributed by atoms with van der Waals surface area (Å²) in [6.45, 7) is 0.454. The second kappa shape index (κ2) is 7.83. The highest BCUT2D eigenvalue weighted by atomic mass is 79.9. The van der Waals surface area contributed by atoms with Crippen molar-refractivity contribution in [2.75, 3.05) is 32.5 Å². The maximum atomic E-state index is 12.8. The number of ether oxygens (including phenoxy) is 2. The third kappa shape index (κ3) is 4.16. The van der Waals surface area contributed by atoms with Crippen LogP contribution >= 0.6 is 27.5 Å². The number of likely N-dealkylation sites (N-methyl/N-ethyl adjacent to an activating group) is 1. The predicted octanol–water partition coefficient (Wildman–Crippen LogP) is 3.17. The molecule has 0 spiro atoms. The van der Waals surface area contributed by atoms with E-state index < -0.39 is 10.0 Å². The first-order valence-electron chi connectivity index (χ1n) is 8.06. The van der Waals surface area contributed by atoms with Crippen molar-refractivity contribution in [1.29, 1.82) is 0 Å². The number of pyridine rings is 1. The van der Waals surface area contributed by atoms with Crippen molar-refractivity contribution in [3.63, 3.8) is 0 Å². The van der Waals surface area contributed by atoms with Crippen molar-refractivity contribution in [2.45, 2.75) is 17.4 Å². The summed E-state index contributed by atoms with van der Waals surface area (Å²) in [6, 6.07) is 4.93. The smallest absolute Gasteiger partial charge is 0.263 e. The molecule has 2 aromatic rings. The van der Waals surface area contributed by atoms with Gasteiger partial charge in [0, 0.05) is 17.8 Å². The van der Waals surface area contributed by atoms with Crippen LogP contribution in [0.1, 0.15) is 5.56 Å². The van der Waals surface area contributed by atoms with Crippen molar-refractivity contribution in [2.24, 2.45) is 0 Å². The standard InChI is InChI=1S/C17H19BrClN3O4S/c1-22(2)10-6-12-15(25-3)5-4-14(16(12)26-9-10)21-27(23,24)11-7-13(18)17(19)20-8-11/h4-5,7-8,10,21H,6,9H2,1-3H3/t10-/m1/s1. The Hall–Kier alpha value is -1.55. The van der Waals surface area contributed by atoms with Crippen molar-refractivity contribution in [3.05, 3.63) is 39.6 Å². The molecule has 1 aromatic heterocycles. The van der Waals surface area contributed by atoms with Gasteiger partial charge in [0.15, 0.2) is 0 Å². The van der Waals surface area contributed by atoms with E-state index in [1.165, 1.54) is 12.3 Å². The molecule has 0 bridgehead atoms. The number of benzene rings is 1. The molecule has 0 fully saturated rings. The SMILES string of the molecule is COc1ccc(NS(=O)(=O)c2cnc(Cl)c(Br)c2)c2c1C[C@@H](N(C)C)CO2. The molecule has 27 heavy (non-hydrogen) atoms. The van der Waals surface area contributed by atoms with Gasteiger partial charge >= 0.3 is 0 Å². The first-order chi connectivity index (χ1) is 12.7. The Morgan fingerprint density at radius 1 is 1.41 bits per heavy atom. The monoisotopic (exact) mass is 475 g/mol. The predicted molar refractivity (Wildman–Crippen MR) is 107 cm³/mol. The summed E-state index contributed by atoms with van der Waals surface area (Å²) in [4.78, 5) is 5.93. The molecule has 0 aliphatic carbocycles. The molecule has 3 rings (SSSR count). The molecule has 10 heteroatoms. The number of anilines is 1. The lowest BCUT2D eigenvalue weighted by molar-refractivity contribution is 0.164. The Balaban J connectivity index is 1.98. The van der Waals surface area contributed by atoms with Gasteiger partial charge in [0.05, 0.1) is 17.3 Å². The normalized spacial score (nSPS) is 16.6. The van der Waals surface area contributed by atoms with Gasteiger partial charge in [-0.05, 0) is 54.6 Å². The second-order valence-corrected chi connectivity index (χ2v) is 9.20. The minimum absolute atomic E-state index is 0.00896. The van der Waals surface area contributed by atoms with Crippen molar-refractivity contribution < 1.29 is 17.9 Å². The third-order valence-electron chi connectivity index (χ3n) is 4.35. The van der Waals surface area contributed by atoms with Crippen LogP contribution in [0, 0.1) is 0 Å². The summed E-state index contributed by atoms with van der Waals surface area (Å²) in [7, 11) is 1.66. The summed E-state index contributed by atoms with van der Waals surface area (Å²) in [6.07, 6.45) is 1.89. The molecule has 0 saturated heterocycles. The lowest BCUT2D eigenvalue weighted by atomic mass is 10.00. The topological polar surface area (TPSA) is 80.8 Å². The Morgan fingerprint density at radius 2 is 2.15 bits per heavy atom. The first kappa shape index (κ1) is 20.2. The summed E-state index contributed by atoms with van der Waals surface area (Å²) in [5.41, 5.74) is 1.19. The number of hydrogen-bond donors (Lipinski definition) is 1. The zero-order valence-corrected chi connectivity index (χ0v) is 18.2. The molecule has 146 valence electrons. The Bertz CT molecular complexity index is 969. The first-order valence-corrected chi connectivity index (χ1v) is 10.7. The molecule has 0 saturated carbocycles. The number of hydrogen-bond acceptors (Lipinski definition) is 6. The molecule has 1 aliphatic rings. The Kier molecular flexibility index (Phi) is 5.85. The summed E-state index contributed by atoms with van der Waals surface area (Å²) >= 11 is 9.04. The highest BCUT2D eigenvalue weighted by molar-refractivity contribution is 9.10. The van der Waals surface area contributed by atoms with Gasteiger partial charge in [-0.2, -0.15) is 0 Å². The maximum absolute atomic E-state index is 12.8. The average Bonchev–Trinajstić information content (AvgIpc) is 2.63. The number of halogens is 2. The largest absolute Gasteiger partial charge is 0.496 e. The molecule has 1 aliphatic heterocycles. The van der Waals surface area contributed by atoms with E-state index in [-0.39, 0.29) is 16.1 Å². The number of rotatable bonds is 5. The van der Waals surface area contributed by atoms with E-state index in [1.54, 1.807) is 19.2 Å². The Labute approximate surface area is 171 Å². The molecule has 0 unspecified atom stereocenters. The van der Waals surface area contributed by atoms with E-state index in [0.29, 0.717) is 34.7 Å². The van der Waals surface area contributed by atoms with E-state index in [4.69, 9.17) is 21.1 Å². The van der Waals surface area contributed by atoms with Crippen LogP contribution in [0.5, 0.6) is 11.5 Å². The number of fused-ring (bicyclic) bond motifs is 1.